The molecule has 8 heteroatoms. The molecule has 1 atom stereocenters. The molecule has 0 aromatic heterocycles. The molecule has 0 spiro atoms. The number of hydrogen-bond donors (Lipinski definition) is 4. The molecular weight excluding hydrogens is 427 g/mol. The lowest BCUT2D eigenvalue weighted by molar-refractivity contribution is -0.127. The summed E-state index contributed by atoms with van der Waals surface area (Å²) in [5.41, 5.74) is 6.16. The second-order valence-corrected chi connectivity index (χ2v) is 7.01. The predicted molar refractivity (Wildman–Crippen MR) is 104 cm³/mol. The van der Waals surface area contributed by atoms with Crippen LogP contribution in [0.15, 0.2) is 24.3 Å². The fraction of sp³-hybridized carbons (Fsp3) is 0.400. The number of para-hydroxylation sites is 1. The van der Waals surface area contributed by atoms with Gasteiger partial charge in [0.1, 0.15) is 6.04 Å². The summed E-state index contributed by atoms with van der Waals surface area (Å²) in [5, 5.41) is 8.77. The molecule has 2 amide bonds. The quantitative estimate of drug-likeness (QED) is 0.376. The first kappa shape index (κ1) is 19.6. The van der Waals surface area contributed by atoms with Gasteiger partial charge in [-0.2, -0.15) is 0 Å². The Balaban J connectivity index is 2.44. The largest absolute Gasteiger partial charge is 0.368 e. The molecule has 1 aromatic carbocycles. The maximum Gasteiger partial charge on any atom is 0.240 e. The Morgan fingerprint density at radius 1 is 1.30 bits per heavy atom. The topological polar surface area (TPSA) is 96.2 Å². The van der Waals surface area contributed by atoms with Gasteiger partial charge in [0.2, 0.25) is 11.8 Å². The highest BCUT2D eigenvalue weighted by molar-refractivity contribution is 14.1. The lowest BCUT2D eigenvalue weighted by Crippen LogP contribution is -2.48. The van der Waals surface area contributed by atoms with Gasteiger partial charge >= 0.3 is 0 Å². The molecule has 5 N–H and O–H groups in total. The molecule has 0 aliphatic carbocycles. The fourth-order valence-corrected chi connectivity index (χ4v) is 2.56. The number of halogens is 1. The van der Waals surface area contributed by atoms with Gasteiger partial charge in [-0.05, 0) is 59.3 Å². The fourth-order valence-electron chi connectivity index (χ4n) is 1.85. The monoisotopic (exact) mass is 448 g/mol. The SMILES string of the molecule is CC(C)CC(NC(=O)CNC(=S)Nc1ccccc1I)C(N)=O. The summed E-state index contributed by atoms with van der Waals surface area (Å²) in [6, 6.07) is 6.99. The predicted octanol–water partition coefficient (Wildman–Crippen LogP) is 1.59. The van der Waals surface area contributed by atoms with Gasteiger partial charge < -0.3 is 21.7 Å². The molecule has 0 saturated heterocycles. The lowest BCUT2D eigenvalue weighted by Gasteiger charge is -2.18. The van der Waals surface area contributed by atoms with Crippen LogP contribution in [-0.2, 0) is 9.59 Å². The zero-order chi connectivity index (χ0) is 17.4. The van der Waals surface area contributed by atoms with E-state index in [-0.39, 0.29) is 18.4 Å². The van der Waals surface area contributed by atoms with E-state index in [9.17, 15) is 9.59 Å². The highest BCUT2D eigenvalue weighted by atomic mass is 127. The first-order chi connectivity index (χ1) is 10.8. The van der Waals surface area contributed by atoms with E-state index in [0.29, 0.717) is 11.5 Å². The number of anilines is 1. The Bertz CT molecular complexity index is 580. The van der Waals surface area contributed by atoms with Crippen LogP contribution in [0.5, 0.6) is 0 Å². The molecule has 0 saturated carbocycles. The van der Waals surface area contributed by atoms with Crippen molar-refractivity contribution >= 4 is 57.4 Å². The highest BCUT2D eigenvalue weighted by Crippen LogP contribution is 2.16. The van der Waals surface area contributed by atoms with E-state index in [4.69, 9.17) is 18.0 Å². The summed E-state index contributed by atoms with van der Waals surface area (Å²) in [6.45, 7) is 3.89. The number of rotatable bonds is 7. The Hall–Kier alpha value is -1.42. The second kappa shape index (κ2) is 9.66. The Morgan fingerprint density at radius 3 is 2.52 bits per heavy atom. The molecule has 0 fully saturated rings. The molecule has 1 rings (SSSR count). The molecule has 0 radical (unpaired) electrons. The number of benzene rings is 1. The summed E-state index contributed by atoms with van der Waals surface area (Å²) < 4.78 is 1.02. The van der Waals surface area contributed by atoms with Crippen molar-refractivity contribution in [3.8, 4) is 0 Å². The van der Waals surface area contributed by atoms with Crippen LogP contribution >= 0.6 is 34.8 Å². The van der Waals surface area contributed by atoms with Crippen LogP contribution in [0.25, 0.3) is 0 Å². The van der Waals surface area contributed by atoms with Gasteiger partial charge in [0, 0.05) is 3.57 Å². The molecule has 0 aliphatic heterocycles. The van der Waals surface area contributed by atoms with Crippen molar-refractivity contribution in [2.45, 2.75) is 26.3 Å². The van der Waals surface area contributed by atoms with Crippen LogP contribution < -0.4 is 21.7 Å². The van der Waals surface area contributed by atoms with E-state index < -0.39 is 11.9 Å². The molecule has 126 valence electrons. The van der Waals surface area contributed by atoms with Crippen molar-refractivity contribution in [2.75, 3.05) is 11.9 Å². The average molecular weight is 448 g/mol. The van der Waals surface area contributed by atoms with Crippen molar-refractivity contribution in [1.82, 2.24) is 10.6 Å². The van der Waals surface area contributed by atoms with E-state index in [1.165, 1.54) is 0 Å². The third-order valence-corrected chi connectivity index (χ3v) is 4.10. The van der Waals surface area contributed by atoms with Gasteiger partial charge in [-0.3, -0.25) is 9.59 Å². The van der Waals surface area contributed by atoms with Crippen molar-refractivity contribution < 1.29 is 9.59 Å². The molecule has 0 aliphatic rings. The zero-order valence-corrected chi connectivity index (χ0v) is 16.0. The van der Waals surface area contributed by atoms with Gasteiger partial charge in [-0.25, -0.2) is 0 Å². The summed E-state index contributed by atoms with van der Waals surface area (Å²) in [4.78, 5) is 23.2. The van der Waals surface area contributed by atoms with Gasteiger partial charge in [0.15, 0.2) is 5.11 Å². The lowest BCUT2D eigenvalue weighted by atomic mass is 10.0. The van der Waals surface area contributed by atoms with E-state index in [1.54, 1.807) is 0 Å². The molecule has 0 bridgehead atoms. The Morgan fingerprint density at radius 2 is 1.96 bits per heavy atom. The minimum Gasteiger partial charge on any atom is -0.368 e. The number of thiocarbonyl (C=S) groups is 1. The molecule has 1 aromatic rings. The van der Waals surface area contributed by atoms with Crippen molar-refractivity contribution in [1.29, 1.82) is 0 Å². The third-order valence-electron chi connectivity index (χ3n) is 2.92. The minimum absolute atomic E-state index is 0.0306. The number of primary amides is 1. The summed E-state index contributed by atoms with van der Waals surface area (Å²) >= 11 is 7.34. The Kier molecular flexibility index (Phi) is 8.24. The van der Waals surface area contributed by atoms with Gasteiger partial charge in [-0.15, -0.1) is 0 Å². The van der Waals surface area contributed by atoms with Gasteiger partial charge in [0.05, 0.1) is 12.2 Å². The van der Waals surface area contributed by atoms with Crippen LogP contribution in [0.1, 0.15) is 20.3 Å². The minimum atomic E-state index is -0.666. The number of carbonyl (C=O) groups excluding carboxylic acids is 2. The molecule has 1 unspecified atom stereocenters. The summed E-state index contributed by atoms with van der Waals surface area (Å²) in [5.74, 6) is -0.614. The highest BCUT2D eigenvalue weighted by Gasteiger charge is 2.19. The van der Waals surface area contributed by atoms with Crippen LogP contribution in [0.3, 0.4) is 0 Å². The molecular formula is C15H21IN4O2S. The van der Waals surface area contributed by atoms with E-state index in [2.05, 4.69) is 38.5 Å². The smallest absolute Gasteiger partial charge is 0.240 e. The van der Waals surface area contributed by atoms with Gasteiger partial charge in [-0.1, -0.05) is 26.0 Å². The second-order valence-electron chi connectivity index (χ2n) is 5.44. The number of nitrogens with one attached hydrogen (secondary N) is 3. The number of nitrogens with two attached hydrogens (primary N) is 1. The van der Waals surface area contributed by atoms with Crippen molar-refractivity contribution in [2.24, 2.45) is 11.7 Å². The maximum absolute atomic E-state index is 11.9. The van der Waals surface area contributed by atoms with Gasteiger partial charge in [0.25, 0.3) is 0 Å². The maximum atomic E-state index is 11.9. The summed E-state index contributed by atoms with van der Waals surface area (Å²) in [6.07, 6.45) is 0.506. The van der Waals surface area contributed by atoms with E-state index in [0.717, 1.165) is 9.26 Å². The number of amides is 2. The third kappa shape index (κ3) is 7.60. The number of carbonyl (C=O) groups is 2. The van der Waals surface area contributed by atoms with Crippen LogP contribution in [0.4, 0.5) is 5.69 Å². The Labute approximate surface area is 155 Å². The summed E-state index contributed by atoms with van der Waals surface area (Å²) in [7, 11) is 0. The van der Waals surface area contributed by atoms with Crippen molar-refractivity contribution in [3.63, 3.8) is 0 Å². The molecule has 6 nitrogen and oxygen atoms in total. The standard InChI is InChI=1S/C15H21IN4O2S/c1-9(2)7-12(14(17)22)19-13(21)8-18-15(23)20-11-6-4-3-5-10(11)16/h3-6,9,12H,7-8H2,1-2H3,(H2,17,22)(H,19,21)(H2,18,20,23). The molecule has 23 heavy (non-hydrogen) atoms. The van der Waals surface area contributed by atoms with Crippen LogP contribution in [0.2, 0.25) is 0 Å². The van der Waals surface area contributed by atoms with E-state index >= 15 is 0 Å². The number of hydrogen-bond acceptors (Lipinski definition) is 3. The zero-order valence-electron chi connectivity index (χ0n) is 13.1. The van der Waals surface area contributed by atoms with E-state index in [1.807, 2.05) is 38.1 Å². The molecule has 0 heterocycles. The van der Waals surface area contributed by atoms with Crippen molar-refractivity contribution in [3.05, 3.63) is 27.8 Å². The first-order valence-corrected chi connectivity index (χ1v) is 8.66. The van der Waals surface area contributed by atoms with Crippen LogP contribution in [0, 0.1) is 9.49 Å². The first-order valence-electron chi connectivity index (χ1n) is 7.17. The normalized spacial score (nSPS) is 11.7. The van der Waals surface area contributed by atoms with Crippen LogP contribution in [-0.4, -0.2) is 29.5 Å². The average Bonchev–Trinajstić information content (AvgIpc) is 2.46.